The smallest absolute Gasteiger partial charge is 0.379 e. The fourth-order valence-corrected chi connectivity index (χ4v) is 6.06. The van der Waals surface area contributed by atoms with E-state index in [4.69, 9.17) is 21.5 Å². The molecule has 3 aromatic rings. The third-order valence-corrected chi connectivity index (χ3v) is 8.00. The Morgan fingerprint density at radius 3 is 2.97 bits per heavy atom. The molecule has 0 bridgehead atoms. The number of ketones is 1. The molecule has 2 unspecified atom stereocenters. The van der Waals surface area contributed by atoms with Crippen LogP contribution in [0.3, 0.4) is 0 Å². The van der Waals surface area contributed by atoms with Crippen molar-refractivity contribution in [2.24, 2.45) is 5.14 Å². The van der Waals surface area contributed by atoms with Crippen LogP contribution < -0.4 is 10.5 Å². The van der Waals surface area contributed by atoms with E-state index in [1.54, 1.807) is 6.07 Å². The quantitative estimate of drug-likeness (QED) is 0.333. The van der Waals surface area contributed by atoms with Crippen LogP contribution in [0.2, 0.25) is 5.02 Å². The Kier molecular flexibility index (Phi) is 7.09. The molecule has 3 heterocycles. The highest BCUT2D eigenvalue weighted by Gasteiger charge is 2.28. The van der Waals surface area contributed by atoms with E-state index in [0.717, 1.165) is 39.4 Å². The number of nitrogens with zero attached hydrogens (tertiary/aromatic N) is 2. The fourth-order valence-electron chi connectivity index (χ4n) is 4.49. The largest absolute Gasteiger partial charge is 0.379 e. The van der Waals surface area contributed by atoms with Crippen molar-refractivity contribution in [3.8, 4) is 0 Å². The number of benzene rings is 1. The molecule has 2 atom stereocenters. The third-order valence-electron chi connectivity index (χ3n) is 6.15. The van der Waals surface area contributed by atoms with E-state index >= 15 is 0 Å². The number of anilines is 1. The fraction of sp³-hybridized carbons (Fsp3) is 0.292. The van der Waals surface area contributed by atoms with E-state index in [2.05, 4.69) is 19.5 Å². The number of hydrogen-bond acceptors (Lipinski definition) is 9. The van der Waals surface area contributed by atoms with E-state index in [9.17, 15) is 13.2 Å². The third kappa shape index (κ3) is 5.45. The summed E-state index contributed by atoms with van der Waals surface area (Å²) in [4.78, 5) is 23.3. The minimum Gasteiger partial charge on any atom is -0.379 e. The summed E-state index contributed by atoms with van der Waals surface area (Å²) >= 11 is 7.77. The Morgan fingerprint density at radius 1 is 1.28 bits per heavy atom. The molecule has 1 aliphatic heterocycles. The molecule has 188 valence electrons. The number of carbonyl (C=O) groups excluding carboxylic acids is 1. The number of ether oxygens (including phenoxy) is 1. The summed E-state index contributed by atoms with van der Waals surface area (Å²) < 4.78 is 32.7. The van der Waals surface area contributed by atoms with Gasteiger partial charge in [-0.2, -0.15) is 13.6 Å². The number of nitrogens with two attached hydrogens (primary N) is 1. The highest BCUT2D eigenvalue weighted by Crippen LogP contribution is 2.39. The zero-order chi connectivity index (χ0) is 25.3. The lowest BCUT2D eigenvalue weighted by molar-refractivity contribution is 0.0722. The molecule has 1 aliphatic carbocycles. The van der Waals surface area contributed by atoms with E-state index in [1.165, 1.54) is 30.1 Å². The van der Waals surface area contributed by atoms with Crippen molar-refractivity contribution in [1.82, 2.24) is 9.97 Å². The molecule has 1 saturated carbocycles. The SMILES string of the molecule is NS(=O)(=O)O/C=C1\CCC(Nc2ncncc2C(=O)c2ccc(C3OCCc4c(Cl)cccc43)s2)C1. The van der Waals surface area contributed by atoms with E-state index < -0.39 is 10.3 Å². The zero-order valence-electron chi connectivity index (χ0n) is 19.0. The topological polar surface area (TPSA) is 134 Å². The summed E-state index contributed by atoms with van der Waals surface area (Å²) in [6, 6.07) is 9.46. The van der Waals surface area contributed by atoms with Gasteiger partial charge < -0.3 is 14.2 Å². The summed E-state index contributed by atoms with van der Waals surface area (Å²) in [5, 5.41) is 8.90. The Hall–Kier alpha value is -2.83. The van der Waals surface area contributed by atoms with Gasteiger partial charge in [0.15, 0.2) is 0 Å². The van der Waals surface area contributed by atoms with Gasteiger partial charge in [0.25, 0.3) is 0 Å². The number of nitrogens with one attached hydrogen (secondary N) is 1. The number of hydrogen-bond donors (Lipinski definition) is 2. The standard InChI is InChI=1S/C24H23ClN4O5S2/c25-19-3-1-2-17-16(19)8-9-33-23(17)21-7-6-20(35-21)22(30)18-11-27-13-28-24(18)29-15-5-4-14(10-15)12-34-36(26,31)32/h1-3,6-7,11-13,15,23H,4-5,8-10H2,(H2,26,31,32)(H,27,28,29)/b14-12+. The summed E-state index contributed by atoms with van der Waals surface area (Å²) in [6.07, 6.45) is 6.44. The van der Waals surface area contributed by atoms with Crippen molar-refractivity contribution in [1.29, 1.82) is 0 Å². The second-order valence-corrected chi connectivity index (χ2v) is 11.3. The number of fused-ring (bicyclic) bond motifs is 1. The molecule has 9 nitrogen and oxygen atoms in total. The van der Waals surface area contributed by atoms with Crippen molar-refractivity contribution in [3.05, 3.63) is 86.2 Å². The van der Waals surface area contributed by atoms with E-state index in [1.807, 2.05) is 24.3 Å². The predicted molar refractivity (Wildman–Crippen MR) is 136 cm³/mol. The molecular weight excluding hydrogens is 524 g/mol. The molecule has 2 aromatic heterocycles. The highest BCUT2D eigenvalue weighted by atomic mass is 35.5. The van der Waals surface area contributed by atoms with Crippen LogP contribution in [-0.2, 0) is 25.6 Å². The molecule has 12 heteroatoms. The number of thiophene rings is 1. The van der Waals surface area contributed by atoms with Gasteiger partial charge >= 0.3 is 10.3 Å². The van der Waals surface area contributed by atoms with Gasteiger partial charge in [-0.3, -0.25) is 4.79 Å². The number of aromatic nitrogens is 2. The monoisotopic (exact) mass is 546 g/mol. The first kappa shape index (κ1) is 24.8. The Labute approximate surface area is 217 Å². The molecule has 3 N–H and O–H groups in total. The predicted octanol–water partition coefficient (Wildman–Crippen LogP) is 4.15. The maximum Gasteiger partial charge on any atom is 0.379 e. The maximum absolute atomic E-state index is 13.4. The lowest BCUT2D eigenvalue weighted by atomic mass is 9.96. The van der Waals surface area contributed by atoms with E-state index in [0.29, 0.717) is 35.7 Å². The van der Waals surface area contributed by atoms with Crippen LogP contribution in [0.25, 0.3) is 0 Å². The molecule has 2 aliphatic rings. The summed E-state index contributed by atoms with van der Waals surface area (Å²) in [6.45, 7) is 0.559. The normalized spacial score (nSPS) is 20.8. The van der Waals surface area contributed by atoms with Gasteiger partial charge in [-0.25, -0.2) is 9.97 Å². The molecule has 1 fully saturated rings. The first-order valence-electron chi connectivity index (χ1n) is 11.3. The number of halogens is 1. The zero-order valence-corrected chi connectivity index (χ0v) is 21.4. The van der Waals surface area contributed by atoms with Crippen molar-refractivity contribution in [3.63, 3.8) is 0 Å². The van der Waals surface area contributed by atoms with Crippen LogP contribution in [0, 0.1) is 0 Å². The molecule has 5 rings (SSSR count). The Morgan fingerprint density at radius 2 is 2.14 bits per heavy atom. The maximum atomic E-state index is 13.4. The molecule has 0 saturated heterocycles. The molecule has 1 aromatic carbocycles. The molecule has 0 amide bonds. The minimum atomic E-state index is -4.04. The van der Waals surface area contributed by atoms with Crippen LogP contribution in [0.1, 0.15) is 56.6 Å². The van der Waals surface area contributed by atoms with Gasteiger partial charge in [0.2, 0.25) is 5.78 Å². The van der Waals surface area contributed by atoms with Crippen LogP contribution in [0.5, 0.6) is 0 Å². The lowest BCUT2D eigenvalue weighted by Gasteiger charge is -2.26. The second-order valence-electron chi connectivity index (χ2n) is 8.57. The number of carbonyl (C=O) groups is 1. The summed E-state index contributed by atoms with van der Waals surface area (Å²) in [5.41, 5.74) is 3.27. The van der Waals surface area contributed by atoms with E-state index in [-0.39, 0.29) is 17.9 Å². The average Bonchev–Trinajstić information content (AvgIpc) is 3.52. The average molecular weight is 547 g/mol. The molecule has 0 radical (unpaired) electrons. The summed E-state index contributed by atoms with van der Waals surface area (Å²) in [5.74, 6) is 0.234. The molecule has 0 spiro atoms. The van der Waals surface area contributed by atoms with Gasteiger partial charge in [-0.05, 0) is 60.6 Å². The van der Waals surface area contributed by atoms with Gasteiger partial charge in [0.05, 0.1) is 17.0 Å². The second kappa shape index (κ2) is 10.3. The molecular formula is C24H23ClN4O5S2. The van der Waals surface area contributed by atoms with Crippen LogP contribution in [0.15, 0.2) is 54.7 Å². The first-order valence-corrected chi connectivity index (χ1v) is 13.9. The highest BCUT2D eigenvalue weighted by molar-refractivity contribution is 7.84. The minimum absolute atomic E-state index is 0.0439. The number of rotatable bonds is 7. The Balaban J connectivity index is 1.33. The van der Waals surface area contributed by atoms with Crippen molar-refractivity contribution < 1.29 is 22.1 Å². The van der Waals surface area contributed by atoms with Crippen LogP contribution in [0.4, 0.5) is 5.82 Å². The Bertz CT molecular complexity index is 1440. The molecule has 36 heavy (non-hydrogen) atoms. The van der Waals surface area contributed by atoms with Gasteiger partial charge in [-0.1, -0.05) is 23.7 Å². The van der Waals surface area contributed by atoms with Gasteiger partial charge in [0.1, 0.15) is 24.5 Å². The van der Waals surface area contributed by atoms with Crippen LogP contribution >= 0.6 is 22.9 Å². The lowest BCUT2D eigenvalue weighted by Crippen LogP contribution is -2.19. The van der Waals surface area contributed by atoms with Crippen molar-refractivity contribution in [2.45, 2.75) is 37.8 Å². The van der Waals surface area contributed by atoms with Crippen molar-refractivity contribution in [2.75, 3.05) is 11.9 Å². The van der Waals surface area contributed by atoms with Crippen LogP contribution in [-0.4, -0.2) is 36.8 Å². The van der Waals surface area contributed by atoms with Crippen molar-refractivity contribution >= 4 is 44.8 Å². The van der Waals surface area contributed by atoms with Gasteiger partial charge in [0, 0.05) is 22.1 Å². The van der Waals surface area contributed by atoms with Gasteiger partial charge in [-0.15, -0.1) is 11.3 Å². The summed E-state index contributed by atoms with van der Waals surface area (Å²) in [7, 11) is -4.04. The first-order chi connectivity index (χ1) is 17.3.